The van der Waals surface area contributed by atoms with E-state index in [9.17, 15) is 13.6 Å². The van der Waals surface area contributed by atoms with Crippen molar-refractivity contribution in [2.24, 2.45) is 0 Å². The van der Waals surface area contributed by atoms with E-state index >= 15 is 0 Å². The molecule has 3 rings (SSSR count). The Kier molecular flexibility index (Phi) is 7.47. The van der Waals surface area contributed by atoms with Gasteiger partial charge in [0.25, 0.3) is 0 Å². The molecule has 7 nitrogen and oxygen atoms in total. The number of alkyl halides is 1. The molecule has 0 fully saturated rings. The number of hydrogen-bond acceptors (Lipinski definition) is 6. The number of aromatic nitrogens is 1. The Morgan fingerprint density at radius 2 is 2.17 bits per heavy atom. The lowest BCUT2D eigenvalue weighted by atomic mass is 10.0. The van der Waals surface area contributed by atoms with Gasteiger partial charge < -0.3 is 9.29 Å². The first kappa shape index (κ1) is 23.5. The van der Waals surface area contributed by atoms with Gasteiger partial charge in [-0.3, -0.25) is 9.53 Å². The van der Waals surface area contributed by atoms with E-state index in [1.165, 1.54) is 17.8 Å². The average Bonchev–Trinajstić information content (AvgIpc) is 3.05. The maximum Gasteiger partial charge on any atom is 0.413 e. The Morgan fingerprint density at radius 3 is 2.80 bits per heavy atom. The molecule has 0 saturated carbocycles. The summed E-state index contributed by atoms with van der Waals surface area (Å²) < 4.78 is 30.7. The van der Waals surface area contributed by atoms with Crippen LogP contribution in [-0.2, 0) is 16.0 Å². The van der Waals surface area contributed by atoms with Crippen molar-refractivity contribution in [3.63, 3.8) is 0 Å². The molecule has 1 aromatic rings. The number of ether oxygens (including phenoxy) is 1. The van der Waals surface area contributed by atoms with E-state index in [2.05, 4.69) is 31.0 Å². The minimum atomic E-state index is -2.56. The number of fused-ring (bicyclic) bond motifs is 1. The lowest BCUT2D eigenvalue weighted by Crippen LogP contribution is -2.28. The molecular weight excluding hydrogens is 514 g/mol. The number of halogens is 2. The van der Waals surface area contributed by atoms with E-state index < -0.39 is 29.0 Å². The molecule has 0 radical (unpaired) electrons. The Labute approximate surface area is 195 Å². The van der Waals surface area contributed by atoms with Crippen molar-refractivity contribution >= 4 is 62.5 Å². The van der Waals surface area contributed by atoms with Gasteiger partial charge in [0, 0.05) is 21.0 Å². The summed E-state index contributed by atoms with van der Waals surface area (Å²) in [7, 11) is 0. The molecule has 1 aliphatic carbocycles. The molecule has 30 heavy (non-hydrogen) atoms. The van der Waals surface area contributed by atoms with Gasteiger partial charge in [0.05, 0.1) is 22.0 Å². The summed E-state index contributed by atoms with van der Waals surface area (Å²) in [5.74, 6) is 0.201. The standard InChI is InChI=1S/C19H21BrClN3O4S2/c1-19(2,3)28-18(25)23-14-8-7-12(21)15(22-14)16(24-30(26)27)13-9-10-5-4-6-11(20)17(10)29-13/h4-9,11,16-17,24H,1-3H3,(H,26,27)(H,22,23,25)/p-1. The van der Waals surface area contributed by atoms with Crippen molar-refractivity contribution in [2.45, 2.75) is 42.5 Å². The van der Waals surface area contributed by atoms with Crippen molar-refractivity contribution in [2.75, 3.05) is 5.32 Å². The second-order valence-electron chi connectivity index (χ2n) is 7.56. The highest BCUT2D eigenvalue weighted by molar-refractivity contribution is 9.09. The summed E-state index contributed by atoms with van der Waals surface area (Å²) in [4.78, 5) is 17.4. The molecule has 0 aromatic carbocycles. The van der Waals surface area contributed by atoms with E-state index in [1.807, 2.05) is 24.3 Å². The molecule has 4 atom stereocenters. The minimum absolute atomic E-state index is 0.122. The van der Waals surface area contributed by atoms with Gasteiger partial charge >= 0.3 is 6.09 Å². The second-order valence-corrected chi connectivity index (χ2v) is 10.9. The summed E-state index contributed by atoms with van der Waals surface area (Å²) in [6, 6.07) is 2.28. The third kappa shape index (κ3) is 5.95. The number of amides is 1. The van der Waals surface area contributed by atoms with Crippen LogP contribution in [-0.4, -0.2) is 35.5 Å². The lowest BCUT2D eigenvalue weighted by molar-refractivity contribution is 0.0635. The van der Waals surface area contributed by atoms with Crippen LogP contribution in [0.1, 0.15) is 32.5 Å². The van der Waals surface area contributed by atoms with Gasteiger partial charge in [0.15, 0.2) is 0 Å². The molecule has 11 heteroatoms. The molecule has 1 aromatic heterocycles. The zero-order valence-electron chi connectivity index (χ0n) is 16.3. The average molecular weight is 534 g/mol. The predicted octanol–water partition coefficient (Wildman–Crippen LogP) is 4.77. The van der Waals surface area contributed by atoms with Gasteiger partial charge in [0.1, 0.15) is 11.4 Å². The number of hydrogen-bond donors (Lipinski definition) is 2. The molecule has 162 valence electrons. The topological polar surface area (TPSA) is 103 Å². The third-order valence-electron chi connectivity index (χ3n) is 4.05. The van der Waals surface area contributed by atoms with Gasteiger partial charge in [0.2, 0.25) is 0 Å². The van der Waals surface area contributed by atoms with Crippen molar-refractivity contribution in [3.8, 4) is 0 Å². The van der Waals surface area contributed by atoms with E-state index in [0.717, 1.165) is 10.5 Å². The molecule has 0 spiro atoms. The van der Waals surface area contributed by atoms with Crippen molar-refractivity contribution in [3.05, 3.63) is 57.6 Å². The zero-order chi connectivity index (χ0) is 22.1. The van der Waals surface area contributed by atoms with Crippen LogP contribution in [0.25, 0.3) is 0 Å². The summed E-state index contributed by atoms with van der Waals surface area (Å²) in [6.45, 7) is 5.25. The lowest BCUT2D eigenvalue weighted by Gasteiger charge is -2.24. The van der Waals surface area contributed by atoms with Crippen LogP contribution in [0, 0.1) is 0 Å². The molecule has 2 heterocycles. The number of allylic oxidation sites excluding steroid dienone is 4. The van der Waals surface area contributed by atoms with Crippen molar-refractivity contribution < 1.29 is 18.3 Å². The van der Waals surface area contributed by atoms with Crippen molar-refractivity contribution in [1.82, 2.24) is 9.71 Å². The maximum absolute atomic E-state index is 12.1. The Hall–Kier alpha value is -1.17. The van der Waals surface area contributed by atoms with Gasteiger partial charge in [-0.1, -0.05) is 45.8 Å². The van der Waals surface area contributed by atoms with Gasteiger partial charge in [-0.05, 0) is 44.6 Å². The Bertz CT molecular complexity index is 962. The summed E-state index contributed by atoms with van der Waals surface area (Å²) in [5, 5.41) is 2.95. The van der Waals surface area contributed by atoms with Crippen LogP contribution in [0.15, 0.2) is 46.9 Å². The smallest absolute Gasteiger partial charge is 0.413 e. The Balaban J connectivity index is 1.90. The van der Waals surface area contributed by atoms with Gasteiger partial charge in [-0.2, -0.15) is 0 Å². The molecular formula is C19H20BrClN3O4S2-. The highest BCUT2D eigenvalue weighted by Crippen LogP contribution is 2.47. The van der Waals surface area contributed by atoms with Gasteiger partial charge in [-0.15, -0.1) is 11.8 Å². The molecule has 2 N–H and O–H groups in total. The first-order valence-electron chi connectivity index (χ1n) is 8.96. The van der Waals surface area contributed by atoms with E-state index in [4.69, 9.17) is 16.3 Å². The third-order valence-corrected chi connectivity index (χ3v) is 7.42. The van der Waals surface area contributed by atoms with Crippen LogP contribution in [0.4, 0.5) is 10.6 Å². The number of pyridine rings is 1. The highest BCUT2D eigenvalue weighted by Gasteiger charge is 2.34. The number of nitrogens with zero attached hydrogens (tertiary/aromatic N) is 1. The fourth-order valence-electron chi connectivity index (χ4n) is 2.89. The SMILES string of the molecule is CC(C)(C)OC(=O)Nc1ccc(Cl)c(C(NS(=O)[O-])C2=CC3=CC=CC(Br)C3S2)n1. The number of anilines is 1. The van der Waals surface area contributed by atoms with Crippen LogP contribution >= 0.6 is 39.3 Å². The van der Waals surface area contributed by atoms with Crippen LogP contribution < -0.4 is 10.0 Å². The molecule has 1 aliphatic heterocycles. The summed E-state index contributed by atoms with van der Waals surface area (Å²) in [5.41, 5.74) is 0.687. The number of rotatable bonds is 5. The number of nitrogens with one attached hydrogen (secondary N) is 2. The Morgan fingerprint density at radius 1 is 1.43 bits per heavy atom. The molecule has 0 saturated heterocycles. The molecule has 4 unspecified atom stereocenters. The maximum atomic E-state index is 12.1. The molecule has 0 bridgehead atoms. The minimum Gasteiger partial charge on any atom is -0.760 e. The zero-order valence-corrected chi connectivity index (χ0v) is 20.3. The molecule has 1 amide bonds. The first-order chi connectivity index (χ1) is 14.0. The predicted molar refractivity (Wildman–Crippen MR) is 123 cm³/mol. The van der Waals surface area contributed by atoms with Crippen molar-refractivity contribution in [1.29, 1.82) is 0 Å². The largest absolute Gasteiger partial charge is 0.760 e. The number of carbonyl (C=O) groups is 1. The van der Waals surface area contributed by atoms with E-state index in [0.29, 0.717) is 0 Å². The monoisotopic (exact) mass is 532 g/mol. The van der Waals surface area contributed by atoms with Gasteiger partial charge in [-0.25, -0.2) is 14.5 Å². The summed E-state index contributed by atoms with van der Waals surface area (Å²) in [6.07, 6.45) is 7.24. The van der Waals surface area contributed by atoms with Crippen LogP contribution in [0.2, 0.25) is 5.02 Å². The fourth-order valence-corrected chi connectivity index (χ4v) is 5.73. The first-order valence-corrected chi connectivity index (χ1v) is 12.2. The highest BCUT2D eigenvalue weighted by atomic mass is 79.9. The van der Waals surface area contributed by atoms with Crippen LogP contribution in [0.5, 0.6) is 0 Å². The molecule has 2 aliphatic rings. The quantitative estimate of drug-likeness (QED) is 0.418. The fraction of sp³-hybridized carbons (Fsp3) is 0.368. The normalized spacial score (nSPS) is 22.6. The number of carbonyl (C=O) groups excluding carboxylic acids is 1. The summed E-state index contributed by atoms with van der Waals surface area (Å²) >= 11 is 8.96. The second kappa shape index (κ2) is 9.54. The van der Waals surface area contributed by atoms with Crippen LogP contribution in [0.3, 0.4) is 0 Å². The van der Waals surface area contributed by atoms with E-state index in [1.54, 1.807) is 26.8 Å². The number of thioether (sulfide) groups is 1. The van der Waals surface area contributed by atoms with E-state index in [-0.39, 0.29) is 26.6 Å².